The minimum atomic E-state index is 0.520. The zero-order chi connectivity index (χ0) is 14.1. The van der Waals surface area contributed by atoms with Crippen LogP contribution in [0.25, 0.3) is 0 Å². The quantitative estimate of drug-likeness (QED) is 0.786. The largest absolute Gasteiger partial charge is 0.351 e. The first kappa shape index (κ1) is 12.6. The predicted molar refractivity (Wildman–Crippen MR) is 81.8 cm³/mol. The summed E-state index contributed by atoms with van der Waals surface area (Å²) in [6.07, 6.45) is 9.34. The fourth-order valence-electron chi connectivity index (χ4n) is 2.89. The molecule has 4 rings (SSSR count). The van der Waals surface area contributed by atoms with Crippen LogP contribution in [0.15, 0.2) is 18.3 Å². The van der Waals surface area contributed by atoms with Crippen molar-refractivity contribution in [2.45, 2.75) is 50.5 Å². The van der Waals surface area contributed by atoms with Gasteiger partial charge in [0.25, 0.3) is 0 Å². The maximum Gasteiger partial charge on any atom is 0.224 e. The highest BCUT2D eigenvalue weighted by molar-refractivity contribution is 5.53. The molecule has 0 radical (unpaired) electrons. The Bertz CT molecular complexity index is 612. The van der Waals surface area contributed by atoms with Crippen molar-refractivity contribution in [1.29, 1.82) is 0 Å². The van der Waals surface area contributed by atoms with E-state index in [1.54, 1.807) is 6.20 Å². The lowest BCUT2D eigenvalue weighted by Gasteiger charge is -2.12. The summed E-state index contributed by atoms with van der Waals surface area (Å²) in [5.41, 5.74) is 1.22. The minimum absolute atomic E-state index is 0.520. The van der Waals surface area contributed by atoms with Crippen LogP contribution in [0.1, 0.15) is 50.1 Å². The molecule has 2 aliphatic rings. The molecule has 0 spiro atoms. The van der Waals surface area contributed by atoms with Crippen molar-refractivity contribution in [3.63, 3.8) is 0 Å². The zero-order valence-electron chi connectivity index (χ0n) is 12.0. The molecule has 0 unspecified atom stereocenters. The fraction of sp³-hybridized carbons (Fsp3) is 0.533. The van der Waals surface area contributed by atoms with Gasteiger partial charge in [-0.3, -0.25) is 5.10 Å². The number of H-pyrrole nitrogens is 1. The van der Waals surface area contributed by atoms with Crippen LogP contribution >= 0.6 is 0 Å². The Kier molecular flexibility index (Phi) is 3.21. The standard InChI is InChI=1S/C15H20N6/c1-2-4-11(3-1)17-15-16-8-7-13(19-15)18-14-9-12(20-21-14)10-5-6-10/h7-11H,1-6H2,(H3,16,17,18,19,20,21). The highest BCUT2D eigenvalue weighted by Gasteiger charge is 2.25. The van der Waals surface area contributed by atoms with Crippen LogP contribution in [0.3, 0.4) is 0 Å². The zero-order valence-corrected chi connectivity index (χ0v) is 12.0. The number of nitrogens with zero attached hydrogens (tertiary/aromatic N) is 3. The van der Waals surface area contributed by atoms with Crippen LogP contribution in [0.4, 0.5) is 17.6 Å². The maximum atomic E-state index is 4.51. The summed E-state index contributed by atoms with van der Waals surface area (Å²) >= 11 is 0. The lowest BCUT2D eigenvalue weighted by atomic mass is 10.2. The Hall–Kier alpha value is -2.11. The monoisotopic (exact) mass is 284 g/mol. The van der Waals surface area contributed by atoms with E-state index >= 15 is 0 Å². The average molecular weight is 284 g/mol. The molecule has 0 aliphatic heterocycles. The van der Waals surface area contributed by atoms with Crippen molar-refractivity contribution in [2.24, 2.45) is 0 Å². The Morgan fingerprint density at radius 1 is 1.10 bits per heavy atom. The molecular formula is C15H20N6. The summed E-state index contributed by atoms with van der Waals surface area (Å²) in [4.78, 5) is 8.81. The molecule has 0 amide bonds. The third kappa shape index (κ3) is 2.99. The van der Waals surface area contributed by atoms with E-state index in [1.807, 2.05) is 6.07 Å². The average Bonchev–Trinajstić information content (AvgIpc) is 3.02. The van der Waals surface area contributed by atoms with Crippen LogP contribution in [-0.4, -0.2) is 26.2 Å². The second kappa shape index (κ2) is 5.35. The van der Waals surface area contributed by atoms with Gasteiger partial charge in [-0.05, 0) is 31.7 Å². The normalized spacial score (nSPS) is 18.9. The van der Waals surface area contributed by atoms with E-state index in [4.69, 9.17) is 0 Å². The van der Waals surface area contributed by atoms with E-state index in [-0.39, 0.29) is 0 Å². The van der Waals surface area contributed by atoms with E-state index in [0.717, 1.165) is 11.6 Å². The molecule has 0 aromatic carbocycles. The molecular weight excluding hydrogens is 264 g/mol. The van der Waals surface area contributed by atoms with Crippen molar-refractivity contribution in [3.8, 4) is 0 Å². The van der Waals surface area contributed by atoms with Gasteiger partial charge in [0.05, 0.1) is 0 Å². The highest BCUT2D eigenvalue weighted by Crippen LogP contribution is 2.39. The van der Waals surface area contributed by atoms with Crippen molar-refractivity contribution in [2.75, 3.05) is 10.6 Å². The van der Waals surface area contributed by atoms with Gasteiger partial charge >= 0.3 is 0 Å². The molecule has 0 atom stereocenters. The Morgan fingerprint density at radius 2 is 1.95 bits per heavy atom. The Morgan fingerprint density at radius 3 is 2.76 bits per heavy atom. The van der Waals surface area contributed by atoms with Crippen LogP contribution < -0.4 is 10.6 Å². The summed E-state index contributed by atoms with van der Waals surface area (Å²) in [5, 5.41) is 14.0. The molecule has 0 bridgehead atoms. The molecule has 0 saturated heterocycles. The Balaban J connectivity index is 1.43. The van der Waals surface area contributed by atoms with E-state index in [2.05, 4.69) is 36.9 Å². The predicted octanol–water partition coefficient (Wildman–Crippen LogP) is 3.18. The first-order valence-electron chi connectivity index (χ1n) is 7.79. The van der Waals surface area contributed by atoms with Gasteiger partial charge in [-0.1, -0.05) is 12.8 Å². The van der Waals surface area contributed by atoms with Crippen LogP contribution in [0.2, 0.25) is 0 Å². The van der Waals surface area contributed by atoms with Gasteiger partial charge in [0.1, 0.15) is 5.82 Å². The van der Waals surface area contributed by atoms with E-state index in [1.165, 1.54) is 44.2 Å². The summed E-state index contributed by atoms with van der Waals surface area (Å²) in [6, 6.07) is 4.46. The topological polar surface area (TPSA) is 78.5 Å². The van der Waals surface area contributed by atoms with Crippen LogP contribution in [0, 0.1) is 0 Å². The third-order valence-corrected chi connectivity index (χ3v) is 4.21. The second-order valence-electron chi connectivity index (χ2n) is 6.00. The SMILES string of the molecule is c1cc(Nc2cc(C3CC3)[nH]n2)nc(NC2CCCC2)n1. The van der Waals surface area contributed by atoms with Gasteiger partial charge < -0.3 is 10.6 Å². The Labute approximate surface area is 123 Å². The minimum Gasteiger partial charge on any atom is -0.351 e. The number of aromatic nitrogens is 4. The van der Waals surface area contributed by atoms with Crippen molar-refractivity contribution in [1.82, 2.24) is 20.2 Å². The third-order valence-electron chi connectivity index (χ3n) is 4.21. The summed E-state index contributed by atoms with van der Waals surface area (Å²) in [5.74, 6) is 2.98. The second-order valence-corrected chi connectivity index (χ2v) is 6.00. The van der Waals surface area contributed by atoms with E-state index in [0.29, 0.717) is 17.9 Å². The maximum absolute atomic E-state index is 4.51. The lowest BCUT2D eigenvalue weighted by molar-refractivity contribution is 0.744. The molecule has 2 aliphatic carbocycles. The van der Waals surface area contributed by atoms with Gasteiger partial charge in [-0.25, -0.2) is 4.98 Å². The molecule has 2 fully saturated rings. The number of hydrogen-bond donors (Lipinski definition) is 3. The van der Waals surface area contributed by atoms with Crippen molar-refractivity contribution >= 4 is 17.6 Å². The van der Waals surface area contributed by atoms with E-state index < -0.39 is 0 Å². The van der Waals surface area contributed by atoms with Gasteiger partial charge in [0, 0.05) is 29.9 Å². The highest BCUT2D eigenvalue weighted by atomic mass is 15.2. The van der Waals surface area contributed by atoms with Crippen LogP contribution in [0.5, 0.6) is 0 Å². The summed E-state index contributed by atoms with van der Waals surface area (Å²) in [7, 11) is 0. The number of nitrogens with one attached hydrogen (secondary N) is 3. The molecule has 2 saturated carbocycles. The van der Waals surface area contributed by atoms with Gasteiger partial charge in [-0.2, -0.15) is 10.1 Å². The lowest BCUT2D eigenvalue weighted by Crippen LogP contribution is -2.16. The first-order chi connectivity index (χ1) is 10.4. The molecule has 2 aromatic heterocycles. The van der Waals surface area contributed by atoms with Gasteiger partial charge in [0.15, 0.2) is 5.82 Å². The fourth-order valence-corrected chi connectivity index (χ4v) is 2.89. The smallest absolute Gasteiger partial charge is 0.224 e. The number of anilines is 3. The molecule has 2 heterocycles. The molecule has 3 N–H and O–H groups in total. The molecule has 21 heavy (non-hydrogen) atoms. The molecule has 6 nitrogen and oxygen atoms in total. The molecule has 6 heteroatoms. The van der Waals surface area contributed by atoms with Crippen LogP contribution in [-0.2, 0) is 0 Å². The number of rotatable bonds is 5. The number of hydrogen-bond acceptors (Lipinski definition) is 5. The van der Waals surface area contributed by atoms with E-state index in [9.17, 15) is 0 Å². The number of aromatic amines is 1. The van der Waals surface area contributed by atoms with Gasteiger partial charge in [0.2, 0.25) is 5.95 Å². The van der Waals surface area contributed by atoms with Crippen molar-refractivity contribution in [3.05, 3.63) is 24.0 Å². The van der Waals surface area contributed by atoms with Crippen molar-refractivity contribution < 1.29 is 0 Å². The van der Waals surface area contributed by atoms with Gasteiger partial charge in [-0.15, -0.1) is 0 Å². The molecule has 2 aromatic rings. The summed E-state index contributed by atoms with van der Waals surface area (Å²) in [6.45, 7) is 0. The summed E-state index contributed by atoms with van der Waals surface area (Å²) < 4.78 is 0. The first-order valence-corrected chi connectivity index (χ1v) is 7.79. The molecule has 110 valence electrons.